The molecular formula is C11H8N4O3. The minimum Gasteiger partial charge on any atom is -0.478 e. The topological polar surface area (TPSA) is 94.0 Å². The Hall–Kier alpha value is -2.70. The SMILES string of the molecule is O=C(O)c1ccc2c(c1)nnn2Cc1ccon1. The summed E-state index contributed by atoms with van der Waals surface area (Å²) < 4.78 is 6.37. The second-order valence-electron chi connectivity index (χ2n) is 3.75. The zero-order valence-electron chi connectivity index (χ0n) is 9.15. The number of benzene rings is 1. The van der Waals surface area contributed by atoms with Crippen LogP contribution in [0.1, 0.15) is 16.1 Å². The summed E-state index contributed by atoms with van der Waals surface area (Å²) in [6.07, 6.45) is 1.48. The molecule has 90 valence electrons. The van der Waals surface area contributed by atoms with Crippen LogP contribution in [0.5, 0.6) is 0 Å². The van der Waals surface area contributed by atoms with Crippen LogP contribution in [0, 0.1) is 0 Å². The molecule has 3 rings (SSSR count). The molecule has 0 unspecified atom stereocenters. The molecule has 0 atom stereocenters. The molecule has 1 N–H and O–H groups in total. The molecule has 0 aliphatic carbocycles. The number of fused-ring (bicyclic) bond motifs is 1. The van der Waals surface area contributed by atoms with Crippen LogP contribution in [-0.4, -0.2) is 31.2 Å². The summed E-state index contributed by atoms with van der Waals surface area (Å²) in [4.78, 5) is 10.8. The lowest BCUT2D eigenvalue weighted by atomic mass is 10.2. The van der Waals surface area contributed by atoms with Gasteiger partial charge in [0.2, 0.25) is 0 Å². The normalized spacial score (nSPS) is 10.9. The van der Waals surface area contributed by atoms with Gasteiger partial charge in [0, 0.05) is 6.07 Å². The van der Waals surface area contributed by atoms with Gasteiger partial charge in [-0.25, -0.2) is 9.48 Å². The first kappa shape index (κ1) is 10.5. The van der Waals surface area contributed by atoms with Crippen molar-refractivity contribution in [2.24, 2.45) is 0 Å². The van der Waals surface area contributed by atoms with E-state index in [4.69, 9.17) is 9.63 Å². The molecule has 0 fully saturated rings. The molecule has 18 heavy (non-hydrogen) atoms. The molecule has 7 nitrogen and oxygen atoms in total. The minimum absolute atomic E-state index is 0.191. The first-order valence-electron chi connectivity index (χ1n) is 5.20. The highest BCUT2D eigenvalue weighted by atomic mass is 16.5. The van der Waals surface area contributed by atoms with Crippen molar-refractivity contribution in [1.82, 2.24) is 20.2 Å². The molecule has 3 aromatic rings. The molecule has 2 aromatic heterocycles. The average molecular weight is 244 g/mol. The van der Waals surface area contributed by atoms with Crippen molar-refractivity contribution in [3.8, 4) is 0 Å². The zero-order chi connectivity index (χ0) is 12.5. The second kappa shape index (κ2) is 3.95. The number of nitrogens with zero attached hydrogens (tertiary/aromatic N) is 4. The van der Waals surface area contributed by atoms with E-state index in [9.17, 15) is 4.79 Å². The molecule has 0 saturated heterocycles. The molecule has 0 saturated carbocycles. The van der Waals surface area contributed by atoms with Crippen molar-refractivity contribution in [2.75, 3.05) is 0 Å². The van der Waals surface area contributed by atoms with Crippen molar-refractivity contribution in [3.05, 3.63) is 41.8 Å². The van der Waals surface area contributed by atoms with Gasteiger partial charge in [0.05, 0.1) is 17.6 Å². The molecule has 7 heteroatoms. The maximum Gasteiger partial charge on any atom is 0.335 e. The Morgan fingerprint density at radius 3 is 3.00 bits per heavy atom. The van der Waals surface area contributed by atoms with E-state index >= 15 is 0 Å². The minimum atomic E-state index is -0.983. The Labute approximate surface area is 101 Å². The van der Waals surface area contributed by atoms with E-state index < -0.39 is 5.97 Å². The van der Waals surface area contributed by atoms with Gasteiger partial charge in [0.25, 0.3) is 0 Å². The molecule has 2 heterocycles. The Balaban J connectivity index is 2.02. The van der Waals surface area contributed by atoms with Crippen molar-refractivity contribution in [2.45, 2.75) is 6.54 Å². The van der Waals surface area contributed by atoms with Crippen LogP contribution in [-0.2, 0) is 6.54 Å². The monoisotopic (exact) mass is 244 g/mol. The molecule has 0 aliphatic heterocycles. The fourth-order valence-corrected chi connectivity index (χ4v) is 1.69. The second-order valence-corrected chi connectivity index (χ2v) is 3.75. The van der Waals surface area contributed by atoms with Gasteiger partial charge in [-0.3, -0.25) is 0 Å². The van der Waals surface area contributed by atoms with E-state index in [0.29, 0.717) is 12.1 Å². The summed E-state index contributed by atoms with van der Waals surface area (Å²) in [5, 5.41) is 20.6. The number of rotatable bonds is 3. The Morgan fingerprint density at radius 2 is 2.28 bits per heavy atom. The third kappa shape index (κ3) is 1.71. The summed E-state index contributed by atoms with van der Waals surface area (Å²) in [5.74, 6) is -0.983. The van der Waals surface area contributed by atoms with Gasteiger partial charge in [-0.15, -0.1) is 5.10 Å². The average Bonchev–Trinajstić information content (AvgIpc) is 2.99. The van der Waals surface area contributed by atoms with Gasteiger partial charge >= 0.3 is 5.97 Å². The fourth-order valence-electron chi connectivity index (χ4n) is 1.69. The molecule has 0 radical (unpaired) electrons. The number of hydrogen-bond acceptors (Lipinski definition) is 5. The predicted octanol–water partition coefficient (Wildman–Crippen LogP) is 1.17. The van der Waals surface area contributed by atoms with Gasteiger partial charge in [-0.2, -0.15) is 0 Å². The van der Waals surface area contributed by atoms with Crippen LogP contribution >= 0.6 is 0 Å². The Morgan fingerprint density at radius 1 is 1.39 bits per heavy atom. The first-order valence-corrected chi connectivity index (χ1v) is 5.20. The molecular weight excluding hydrogens is 236 g/mol. The maximum atomic E-state index is 10.8. The number of hydrogen-bond donors (Lipinski definition) is 1. The van der Waals surface area contributed by atoms with E-state index in [1.54, 1.807) is 16.8 Å². The molecule has 0 amide bonds. The van der Waals surface area contributed by atoms with Gasteiger partial charge < -0.3 is 9.63 Å². The van der Waals surface area contributed by atoms with E-state index in [2.05, 4.69) is 15.5 Å². The smallest absolute Gasteiger partial charge is 0.335 e. The summed E-state index contributed by atoms with van der Waals surface area (Å²) in [6.45, 7) is 0.430. The molecule has 0 aliphatic rings. The van der Waals surface area contributed by atoms with Crippen molar-refractivity contribution >= 4 is 17.0 Å². The Kier molecular flexibility index (Phi) is 2.30. The predicted molar refractivity (Wildman–Crippen MR) is 60.1 cm³/mol. The number of carboxylic acid groups (broad SMARTS) is 1. The lowest BCUT2D eigenvalue weighted by Crippen LogP contribution is -2.02. The zero-order valence-corrected chi connectivity index (χ0v) is 9.15. The van der Waals surface area contributed by atoms with Crippen LogP contribution in [0.15, 0.2) is 35.1 Å². The highest BCUT2D eigenvalue weighted by Crippen LogP contribution is 2.14. The quantitative estimate of drug-likeness (QED) is 0.743. The van der Waals surface area contributed by atoms with Crippen molar-refractivity contribution in [3.63, 3.8) is 0 Å². The molecule has 1 aromatic carbocycles. The number of carboxylic acids is 1. The molecule has 0 spiro atoms. The highest BCUT2D eigenvalue weighted by Gasteiger charge is 2.10. The van der Waals surface area contributed by atoms with Gasteiger partial charge in [-0.05, 0) is 18.2 Å². The maximum absolute atomic E-state index is 10.8. The largest absolute Gasteiger partial charge is 0.478 e. The van der Waals surface area contributed by atoms with Gasteiger partial charge in [0.1, 0.15) is 17.5 Å². The van der Waals surface area contributed by atoms with Crippen LogP contribution in [0.2, 0.25) is 0 Å². The van der Waals surface area contributed by atoms with Gasteiger partial charge in [-0.1, -0.05) is 10.4 Å². The highest BCUT2D eigenvalue weighted by molar-refractivity contribution is 5.92. The van der Waals surface area contributed by atoms with Crippen molar-refractivity contribution < 1.29 is 14.4 Å². The van der Waals surface area contributed by atoms with Crippen LogP contribution in [0.4, 0.5) is 0 Å². The summed E-state index contributed by atoms with van der Waals surface area (Å²) >= 11 is 0. The van der Waals surface area contributed by atoms with E-state index in [-0.39, 0.29) is 5.56 Å². The van der Waals surface area contributed by atoms with Gasteiger partial charge in [0.15, 0.2) is 0 Å². The van der Waals surface area contributed by atoms with Crippen molar-refractivity contribution in [1.29, 1.82) is 0 Å². The molecule has 0 bridgehead atoms. The third-order valence-electron chi connectivity index (χ3n) is 2.56. The lowest BCUT2D eigenvalue weighted by Gasteiger charge is -1.98. The standard InChI is InChI=1S/C11H8N4O3/c16-11(17)7-1-2-10-9(5-7)12-14-15(10)6-8-3-4-18-13-8/h1-5H,6H2,(H,16,17). The lowest BCUT2D eigenvalue weighted by molar-refractivity contribution is 0.0697. The van der Waals surface area contributed by atoms with E-state index in [0.717, 1.165) is 11.2 Å². The number of aromatic carboxylic acids is 1. The number of aromatic nitrogens is 4. The summed E-state index contributed by atoms with van der Waals surface area (Å²) in [5.41, 5.74) is 2.21. The van der Waals surface area contributed by atoms with Crippen LogP contribution < -0.4 is 0 Å². The summed E-state index contributed by atoms with van der Waals surface area (Å²) in [7, 11) is 0. The van der Waals surface area contributed by atoms with Crippen LogP contribution in [0.3, 0.4) is 0 Å². The van der Waals surface area contributed by atoms with Crippen LogP contribution in [0.25, 0.3) is 11.0 Å². The Bertz CT molecular complexity index is 702. The summed E-state index contributed by atoms with van der Waals surface area (Å²) in [6, 6.07) is 6.43. The third-order valence-corrected chi connectivity index (χ3v) is 2.56. The van der Waals surface area contributed by atoms with E-state index in [1.165, 1.54) is 18.4 Å². The number of carbonyl (C=O) groups is 1. The van der Waals surface area contributed by atoms with E-state index in [1.807, 2.05) is 0 Å². The first-order chi connectivity index (χ1) is 8.74. The fraction of sp³-hybridized carbons (Fsp3) is 0.0909.